The second kappa shape index (κ2) is 9.54. The molecule has 0 saturated carbocycles. The summed E-state index contributed by atoms with van der Waals surface area (Å²) in [6, 6.07) is 1.71. The summed E-state index contributed by atoms with van der Waals surface area (Å²) in [7, 11) is 0. The zero-order valence-electron chi connectivity index (χ0n) is 13.7. The SMILES string of the molecule is CCCCOc1c(O)c(O)cc(CCCC)c1CCCC. The maximum atomic E-state index is 10.2. The summed E-state index contributed by atoms with van der Waals surface area (Å²) in [5.41, 5.74) is 2.20. The van der Waals surface area contributed by atoms with Crippen LogP contribution >= 0.6 is 0 Å². The third kappa shape index (κ3) is 5.14. The van der Waals surface area contributed by atoms with E-state index in [4.69, 9.17) is 4.74 Å². The predicted molar refractivity (Wildman–Crippen MR) is 87.4 cm³/mol. The van der Waals surface area contributed by atoms with E-state index in [2.05, 4.69) is 20.8 Å². The Labute approximate surface area is 129 Å². The van der Waals surface area contributed by atoms with Crippen LogP contribution in [0.4, 0.5) is 0 Å². The predicted octanol–water partition coefficient (Wildman–Crippen LogP) is 4.96. The van der Waals surface area contributed by atoms with Gasteiger partial charge in [0.15, 0.2) is 11.5 Å². The number of ether oxygens (including phenoxy) is 1. The molecule has 1 aromatic rings. The zero-order chi connectivity index (χ0) is 15.7. The molecule has 0 fully saturated rings. The summed E-state index contributed by atoms with van der Waals surface area (Å²) in [4.78, 5) is 0. The lowest BCUT2D eigenvalue weighted by Crippen LogP contribution is -2.04. The average Bonchev–Trinajstić information content (AvgIpc) is 2.48. The molecule has 0 aliphatic heterocycles. The monoisotopic (exact) mass is 294 g/mol. The van der Waals surface area contributed by atoms with Gasteiger partial charge in [0.05, 0.1) is 6.61 Å². The van der Waals surface area contributed by atoms with Gasteiger partial charge in [0.1, 0.15) is 0 Å². The third-order valence-electron chi connectivity index (χ3n) is 3.75. The van der Waals surface area contributed by atoms with Crippen molar-refractivity contribution in [1.29, 1.82) is 0 Å². The third-order valence-corrected chi connectivity index (χ3v) is 3.75. The first-order chi connectivity index (χ1) is 10.2. The molecule has 1 rings (SSSR count). The van der Waals surface area contributed by atoms with Gasteiger partial charge in [0.2, 0.25) is 5.75 Å². The van der Waals surface area contributed by atoms with Crippen molar-refractivity contribution in [3.63, 3.8) is 0 Å². The van der Waals surface area contributed by atoms with Crippen molar-refractivity contribution < 1.29 is 14.9 Å². The van der Waals surface area contributed by atoms with Crippen molar-refractivity contribution in [3.05, 3.63) is 17.2 Å². The van der Waals surface area contributed by atoms with E-state index in [-0.39, 0.29) is 11.5 Å². The lowest BCUT2D eigenvalue weighted by Gasteiger charge is -2.18. The van der Waals surface area contributed by atoms with Crippen LogP contribution in [0.25, 0.3) is 0 Å². The first-order valence-electron chi connectivity index (χ1n) is 8.35. The van der Waals surface area contributed by atoms with Gasteiger partial charge in [-0.25, -0.2) is 0 Å². The van der Waals surface area contributed by atoms with Crippen LogP contribution in [0, 0.1) is 0 Å². The molecule has 0 aliphatic carbocycles. The average molecular weight is 294 g/mol. The van der Waals surface area contributed by atoms with E-state index in [0.29, 0.717) is 12.4 Å². The van der Waals surface area contributed by atoms with Gasteiger partial charge < -0.3 is 14.9 Å². The van der Waals surface area contributed by atoms with Crippen LogP contribution in [0.15, 0.2) is 6.07 Å². The van der Waals surface area contributed by atoms with E-state index >= 15 is 0 Å². The fourth-order valence-corrected chi connectivity index (χ4v) is 2.42. The number of benzene rings is 1. The van der Waals surface area contributed by atoms with Crippen molar-refractivity contribution in [2.24, 2.45) is 0 Å². The van der Waals surface area contributed by atoms with Crippen LogP contribution in [0.5, 0.6) is 17.2 Å². The van der Waals surface area contributed by atoms with E-state index in [0.717, 1.165) is 62.5 Å². The molecule has 0 bridgehead atoms. The molecular formula is C18H30O3. The van der Waals surface area contributed by atoms with Gasteiger partial charge in [-0.1, -0.05) is 40.0 Å². The highest BCUT2D eigenvalue weighted by Crippen LogP contribution is 2.42. The number of aromatic hydroxyl groups is 2. The Morgan fingerprint density at radius 2 is 1.52 bits per heavy atom. The molecule has 1 aromatic carbocycles. The second-order valence-corrected chi connectivity index (χ2v) is 5.62. The van der Waals surface area contributed by atoms with Crippen LogP contribution < -0.4 is 4.74 Å². The summed E-state index contributed by atoms with van der Waals surface area (Å²) in [5, 5.41) is 20.1. The van der Waals surface area contributed by atoms with E-state index in [9.17, 15) is 10.2 Å². The highest BCUT2D eigenvalue weighted by atomic mass is 16.5. The molecule has 0 saturated heterocycles. The molecular weight excluding hydrogens is 264 g/mol. The standard InChI is InChI=1S/C18H30O3/c1-4-7-10-14-13-16(19)17(20)18(21-12-9-6-3)15(14)11-8-5-2/h13,19-20H,4-12H2,1-3H3. The summed E-state index contributed by atoms with van der Waals surface area (Å²) >= 11 is 0. The quantitative estimate of drug-likeness (QED) is 0.473. The fraction of sp³-hybridized carbons (Fsp3) is 0.667. The van der Waals surface area contributed by atoms with Crippen LogP contribution in [0.1, 0.15) is 70.4 Å². The number of unbranched alkanes of at least 4 members (excludes halogenated alkanes) is 3. The highest BCUT2D eigenvalue weighted by molar-refractivity contribution is 5.57. The molecule has 2 N–H and O–H groups in total. The minimum absolute atomic E-state index is 0.0622. The number of hydrogen-bond acceptors (Lipinski definition) is 3. The number of rotatable bonds is 10. The van der Waals surface area contributed by atoms with Crippen molar-refractivity contribution >= 4 is 0 Å². The molecule has 0 aromatic heterocycles. The van der Waals surface area contributed by atoms with Crippen LogP contribution in [-0.4, -0.2) is 16.8 Å². The molecule has 0 heterocycles. The second-order valence-electron chi connectivity index (χ2n) is 5.62. The van der Waals surface area contributed by atoms with E-state index in [1.807, 2.05) is 0 Å². The maximum Gasteiger partial charge on any atom is 0.200 e. The Kier molecular flexibility index (Phi) is 8.03. The van der Waals surface area contributed by atoms with Gasteiger partial charge in [-0.2, -0.15) is 0 Å². The van der Waals surface area contributed by atoms with Gasteiger partial charge >= 0.3 is 0 Å². The zero-order valence-corrected chi connectivity index (χ0v) is 13.7. The largest absolute Gasteiger partial charge is 0.504 e. The van der Waals surface area contributed by atoms with Crippen LogP contribution in [0.3, 0.4) is 0 Å². The van der Waals surface area contributed by atoms with Gasteiger partial charge in [0, 0.05) is 5.56 Å². The normalized spacial score (nSPS) is 10.8. The maximum absolute atomic E-state index is 10.2. The Morgan fingerprint density at radius 1 is 0.905 bits per heavy atom. The number of aryl methyl sites for hydroxylation is 1. The van der Waals surface area contributed by atoms with Crippen molar-refractivity contribution in [1.82, 2.24) is 0 Å². The van der Waals surface area contributed by atoms with Crippen molar-refractivity contribution in [3.8, 4) is 17.2 Å². The smallest absolute Gasteiger partial charge is 0.200 e. The van der Waals surface area contributed by atoms with E-state index < -0.39 is 0 Å². The fourth-order valence-electron chi connectivity index (χ4n) is 2.42. The Morgan fingerprint density at radius 3 is 2.14 bits per heavy atom. The Balaban J connectivity index is 3.10. The molecule has 0 spiro atoms. The molecule has 21 heavy (non-hydrogen) atoms. The number of hydrogen-bond donors (Lipinski definition) is 2. The number of phenols is 2. The lowest BCUT2D eigenvalue weighted by atomic mass is 9.96. The van der Waals surface area contributed by atoms with Crippen LogP contribution in [-0.2, 0) is 12.8 Å². The molecule has 3 nitrogen and oxygen atoms in total. The summed E-state index contributed by atoms with van der Waals surface area (Å²) in [6.07, 6.45) is 8.17. The highest BCUT2D eigenvalue weighted by Gasteiger charge is 2.18. The van der Waals surface area contributed by atoms with Crippen LogP contribution in [0.2, 0.25) is 0 Å². The minimum atomic E-state index is -0.0996. The molecule has 0 aliphatic rings. The molecule has 0 radical (unpaired) electrons. The molecule has 120 valence electrons. The summed E-state index contributed by atoms with van der Waals surface area (Å²) in [5.74, 6) is 0.341. The summed E-state index contributed by atoms with van der Waals surface area (Å²) in [6.45, 7) is 7.00. The molecule has 0 atom stereocenters. The summed E-state index contributed by atoms with van der Waals surface area (Å²) < 4.78 is 5.80. The van der Waals surface area contributed by atoms with Crippen molar-refractivity contribution in [2.75, 3.05) is 6.61 Å². The molecule has 0 unspecified atom stereocenters. The van der Waals surface area contributed by atoms with Gasteiger partial charge in [-0.3, -0.25) is 0 Å². The number of phenolic OH excluding ortho intramolecular Hbond substituents is 2. The first-order valence-corrected chi connectivity index (χ1v) is 8.35. The van der Waals surface area contributed by atoms with E-state index in [1.54, 1.807) is 6.07 Å². The van der Waals surface area contributed by atoms with Gasteiger partial charge in [-0.15, -0.1) is 0 Å². The Bertz CT molecular complexity index is 427. The topological polar surface area (TPSA) is 49.7 Å². The first kappa shape index (κ1) is 17.7. The van der Waals surface area contributed by atoms with Gasteiger partial charge in [0.25, 0.3) is 0 Å². The van der Waals surface area contributed by atoms with E-state index in [1.165, 1.54) is 0 Å². The Hall–Kier alpha value is -1.38. The van der Waals surface area contributed by atoms with Crippen molar-refractivity contribution in [2.45, 2.75) is 72.1 Å². The lowest BCUT2D eigenvalue weighted by molar-refractivity contribution is 0.283. The molecule has 0 amide bonds. The van der Waals surface area contributed by atoms with Gasteiger partial charge in [-0.05, 0) is 43.7 Å². The molecule has 3 heteroatoms. The minimum Gasteiger partial charge on any atom is -0.504 e.